The Hall–Kier alpha value is -1.75. The molecule has 0 spiro atoms. The number of carbonyl (C=O) groups is 1. The van der Waals surface area contributed by atoms with Gasteiger partial charge in [-0.25, -0.2) is 8.78 Å². The third-order valence-corrected chi connectivity index (χ3v) is 1.88. The number of nitrogens with one attached hydrogen (secondary N) is 1. The fraction of sp³-hybridized carbons (Fsp3) is 0.182. The molecule has 0 unspecified atom stereocenters. The smallest absolute Gasteiger partial charge is 0.254 e. The molecule has 1 aromatic rings. The minimum absolute atomic E-state index is 0.228. The second-order valence-corrected chi connectivity index (χ2v) is 3.02. The number of carbonyl (C=O) groups excluding carboxylic acids is 1. The van der Waals surface area contributed by atoms with E-state index in [1.54, 1.807) is 12.2 Å². The SMILES string of the molecule is NC/C=C/CNC(=O)c1cccc(F)c1F. The maximum Gasteiger partial charge on any atom is 0.254 e. The molecule has 0 bridgehead atoms. The van der Waals surface area contributed by atoms with Gasteiger partial charge in [0, 0.05) is 13.1 Å². The normalized spacial score (nSPS) is 10.7. The van der Waals surface area contributed by atoms with Crippen LogP contribution in [-0.4, -0.2) is 19.0 Å². The zero-order valence-electron chi connectivity index (χ0n) is 8.54. The minimum Gasteiger partial charge on any atom is -0.348 e. The van der Waals surface area contributed by atoms with Crippen LogP contribution in [-0.2, 0) is 0 Å². The number of rotatable bonds is 4. The molecule has 3 nitrogen and oxygen atoms in total. The molecule has 1 amide bonds. The van der Waals surface area contributed by atoms with E-state index in [1.165, 1.54) is 12.1 Å². The van der Waals surface area contributed by atoms with Crippen molar-refractivity contribution in [3.8, 4) is 0 Å². The highest BCUT2D eigenvalue weighted by atomic mass is 19.2. The van der Waals surface area contributed by atoms with Gasteiger partial charge in [-0.2, -0.15) is 0 Å². The second kappa shape index (κ2) is 5.97. The Kier molecular flexibility index (Phi) is 4.60. The van der Waals surface area contributed by atoms with Crippen molar-refractivity contribution in [1.82, 2.24) is 5.32 Å². The molecule has 5 heteroatoms. The summed E-state index contributed by atoms with van der Waals surface area (Å²) in [5.41, 5.74) is 4.89. The minimum atomic E-state index is -1.14. The summed E-state index contributed by atoms with van der Waals surface area (Å²) in [4.78, 5) is 11.4. The van der Waals surface area contributed by atoms with E-state index in [4.69, 9.17) is 5.73 Å². The fourth-order valence-corrected chi connectivity index (χ4v) is 1.11. The van der Waals surface area contributed by atoms with Gasteiger partial charge < -0.3 is 11.1 Å². The van der Waals surface area contributed by atoms with Crippen LogP contribution in [0.4, 0.5) is 8.78 Å². The molecule has 86 valence electrons. The molecular formula is C11H12F2N2O. The molecule has 0 saturated heterocycles. The fourth-order valence-electron chi connectivity index (χ4n) is 1.11. The van der Waals surface area contributed by atoms with Crippen molar-refractivity contribution in [2.75, 3.05) is 13.1 Å². The highest BCUT2D eigenvalue weighted by Crippen LogP contribution is 2.10. The van der Waals surface area contributed by atoms with E-state index in [9.17, 15) is 13.6 Å². The van der Waals surface area contributed by atoms with Crippen LogP contribution in [0.2, 0.25) is 0 Å². The molecule has 16 heavy (non-hydrogen) atoms. The van der Waals surface area contributed by atoms with Crippen LogP contribution < -0.4 is 11.1 Å². The molecule has 0 saturated carbocycles. The summed E-state index contributed by atoms with van der Waals surface area (Å²) in [6, 6.07) is 3.46. The predicted octanol–water partition coefficient (Wildman–Crippen LogP) is 1.21. The first-order valence-electron chi connectivity index (χ1n) is 4.74. The van der Waals surface area contributed by atoms with Gasteiger partial charge in [0.15, 0.2) is 11.6 Å². The van der Waals surface area contributed by atoms with E-state index in [1.807, 2.05) is 0 Å². The van der Waals surface area contributed by atoms with Crippen molar-refractivity contribution >= 4 is 5.91 Å². The third-order valence-electron chi connectivity index (χ3n) is 1.88. The molecule has 0 aromatic heterocycles. The first-order valence-corrected chi connectivity index (χ1v) is 4.74. The average molecular weight is 226 g/mol. The molecular weight excluding hydrogens is 214 g/mol. The predicted molar refractivity (Wildman–Crippen MR) is 56.9 cm³/mol. The quantitative estimate of drug-likeness (QED) is 0.758. The summed E-state index contributed by atoms with van der Waals surface area (Å²) in [5.74, 6) is -2.83. The van der Waals surface area contributed by atoms with Crippen molar-refractivity contribution in [1.29, 1.82) is 0 Å². The Balaban J connectivity index is 2.66. The maximum absolute atomic E-state index is 13.2. The zero-order chi connectivity index (χ0) is 12.0. The lowest BCUT2D eigenvalue weighted by Crippen LogP contribution is -2.24. The van der Waals surface area contributed by atoms with E-state index >= 15 is 0 Å². The monoisotopic (exact) mass is 226 g/mol. The Morgan fingerprint density at radius 1 is 1.38 bits per heavy atom. The molecule has 0 fully saturated rings. The summed E-state index contributed by atoms with van der Waals surface area (Å²) in [5, 5.41) is 2.41. The Labute approximate surface area is 91.9 Å². The Morgan fingerprint density at radius 2 is 2.12 bits per heavy atom. The molecule has 0 heterocycles. The van der Waals surface area contributed by atoms with E-state index < -0.39 is 17.5 Å². The number of amides is 1. The summed E-state index contributed by atoms with van der Waals surface area (Å²) >= 11 is 0. The van der Waals surface area contributed by atoms with E-state index in [0.29, 0.717) is 6.54 Å². The maximum atomic E-state index is 13.2. The highest BCUT2D eigenvalue weighted by molar-refractivity contribution is 5.94. The second-order valence-electron chi connectivity index (χ2n) is 3.02. The van der Waals surface area contributed by atoms with Crippen LogP contribution >= 0.6 is 0 Å². The summed E-state index contributed by atoms with van der Waals surface area (Å²) in [6.45, 7) is 0.593. The van der Waals surface area contributed by atoms with Gasteiger partial charge in [-0.15, -0.1) is 0 Å². The molecule has 0 aliphatic carbocycles. The standard InChI is InChI=1S/C11H12F2N2O/c12-9-5-3-4-8(10(9)13)11(16)15-7-2-1-6-14/h1-5H,6-7,14H2,(H,15,16)/b2-1+. The summed E-state index contributed by atoms with van der Waals surface area (Å²) < 4.78 is 26.0. The molecule has 3 N–H and O–H groups in total. The first kappa shape index (κ1) is 12.3. The van der Waals surface area contributed by atoms with Gasteiger partial charge in [0.1, 0.15) is 0 Å². The first-order chi connectivity index (χ1) is 7.66. The molecule has 0 aliphatic heterocycles. The van der Waals surface area contributed by atoms with Crippen molar-refractivity contribution < 1.29 is 13.6 Å². The van der Waals surface area contributed by atoms with Gasteiger partial charge in [0.05, 0.1) is 5.56 Å². The van der Waals surface area contributed by atoms with Crippen LogP contribution in [0.25, 0.3) is 0 Å². The highest BCUT2D eigenvalue weighted by Gasteiger charge is 2.13. The van der Waals surface area contributed by atoms with Crippen LogP contribution in [0.15, 0.2) is 30.4 Å². The molecule has 0 radical (unpaired) electrons. The van der Waals surface area contributed by atoms with Gasteiger partial charge in [-0.05, 0) is 12.1 Å². The lowest BCUT2D eigenvalue weighted by molar-refractivity contribution is 0.0953. The van der Waals surface area contributed by atoms with Gasteiger partial charge in [-0.3, -0.25) is 4.79 Å². The van der Waals surface area contributed by atoms with Gasteiger partial charge in [-0.1, -0.05) is 18.2 Å². The van der Waals surface area contributed by atoms with Crippen LogP contribution in [0.3, 0.4) is 0 Å². The van der Waals surface area contributed by atoms with Crippen molar-refractivity contribution in [3.05, 3.63) is 47.5 Å². The number of hydrogen-bond donors (Lipinski definition) is 2. The van der Waals surface area contributed by atoms with Crippen molar-refractivity contribution in [2.24, 2.45) is 5.73 Å². The van der Waals surface area contributed by atoms with E-state index in [-0.39, 0.29) is 12.1 Å². The summed E-state index contributed by atoms with van der Waals surface area (Å²) in [6.07, 6.45) is 3.29. The van der Waals surface area contributed by atoms with Gasteiger partial charge in [0.2, 0.25) is 0 Å². The number of halogens is 2. The van der Waals surface area contributed by atoms with Gasteiger partial charge >= 0.3 is 0 Å². The van der Waals surface area contributed by atoms with Crippen molar-refractivity contribution in [3.63, 3.8) is 0 Å². The summed E-state index contributed by atoms with van der Waals surface area (Å²) in [7, 11) is 0. The van der Waals surface area contributed by atoms with Crippen LogP contribution in [0.5, 0.6) is 0 Å². The van der Waals surface area contributed by atoms with E-state index in [2.05, 4.69) is 5.32 Å². The molecule has 0 aliphatic rings. The largest absolute Gasteiger partial charge is 0.348 e. The molecule has 1 aromatic carbocycles. The number of nitrogens with two attached hydrogens (primary N) is 1. The van der Waals surface area contributed by atoms with Gasteiger partial charge in [0.25, 0.3) is 5.91 Å². The lowest BCUT2D eigenvalue weighted by Gasteiger charge is -2.03. The Morgan fingerprint density at radius 3 is 2.81 bits per heavy atom. The average Bonchev–Trinajstić information content (AvgIpc) is 2.28. The topological polar surface area (TPSA) is 55.1 Å². The number of benzene rings is 1. The van der Waals surface area contributed by atoms with Crippen LogP contribution in [0.1, 0.15) is 10.4 Å². The zero-order valence-corrected chi connectivity index (χ0v) is 8.54. The van der Waals surface area contributed by atoms with Crippen LogP contribution in [0, 0.1) is 11.6 Å². The molecule has 0 atom stereocenters. The number of hydrogen-bond acceptors (Lipinski definition) is 2. The van der Waals surface area contributed by atoms with Crippen molar-refractivity contribution in [2.45, 2.75) is 0 Å². The van der Waals surface area contributed by atoms with E-state index in [0.717, 1.165) is 6.07 Å². The lowest BCUT2D eigenvalue weighted by atomic mass is 10.2. The Bertz CT molecular complexity index is 405. The third kappa shape index (κ3) is 3.13. The molecule has 1 rings (SSSR count).